The van der Waals surface area contributed by atoms with Gasteiger partial charge in [0, 0.05) is 11.6 Å². The van der Waals surface area contributed by atoms with Crippen LogP contribution in [0.25, 0.3) is 11.4 Å². The van der Waals surface area contributed by atoms with Crippen molar-refractivity contribution in [2.75, 3.05) is 20.2 Å². The third kappa shape index (κ3) is 2.39. The number of hydrogen-bond acceptors (Lipinski definition) is 5. The number of rotatable bonds is 3. The lowest BCUT2D eigenvalue weighted by molar-refractivity contribution is 0.339. The van der Waals surface area contributed by atoms with Crippen molar-refractivity contribution < 1.29 is 9.26 Å². The standard InChI is InChI=1S/C14H16ClN3O2/c1-8-6-16-7-11(8)14-17-13(18-20-14)10-4-3-9(15)5-12(10)19-2/h3-5,8,11,16H,6-7H2,1-2H3. The van der Waals surface area contributed by atoms with Gasteiger partial charge in [0.25, 0.3) is 0 Å². The summed E-state index contributed by atoms with van der Waals surface area (Å²) in [7, 11) is 1.60. The van der Waals surface area contributed by atoms with E-state index in [1.807, 2.05) is 6.07 Å². The highest BCUT2D eigenvalue weighted by Crippen LogP contribution is 2.33. The first-order chi connectivity index (χ1) is 9.69. The molecule has 2 heterocycles. The SMILES string of the molecule is COc1cc(Cl)ccc1-c1noc(C2CNCC2C)n1. The average Bonchev–Trinajstić information content (AvgIpc) is 3.07. The van der Waals surface area contributed by atoms with Crippen LogP contribution in [-0.2, 0) is 0 Å². The van der Waals surface area contributed by atoms with Gasteiger partial charge in [-0.05, 0) is 30.7 Å². The Labute approximate surface area is 122 Å². The highest BCUT2D eigenvalue weighted by molar-refractivity contribution is 6.30. The second-order valence-electron chi connectivity index (χ2n) is 5.04. The Morgan fingerprint density at radius 1 is 1.40 bits per heavy atom. The van der Waals surface area contributed by atoms with Gasteiger partial charge < -0.3 is 14.6 Å². The molecule has 1 aliphatic heterocycles. The molecule has 1 aromatic heterocycles. The van der Waals surface area contributed by atoms with E-state index in [0.717, 1.165) is 18.7 Å². The molecule has 5 nitrogen and oxygen atoms in total. The Morgan fingerprint density at radius 2 is 2.25 bits per heavy atom. The highest BCUT2D eigenvalue weighted by atomic mass is 35.5. The molecule has 20 heavy (non-hydrogen) atoms. The molecule has 1 fully saturated rings. The summed E-state index contributed by atoms with van der Waals surface area (Å²) in [6.45, 7) is 4.03. The minimum Gasteiger partial charge on any atom is -0.496 e. The van der Waals surface area contributed by atoms with Gasteiger partial charge in [-0.3, -0.25) is 0 Å². The lowest BCUT2D eigenvalue weighted by Gasteiger charge is -2.07. The molecule has 1 aliphatic rings. The number of hydrogen-bond donors (Lipinski definition) is 1. The molecule has 0 saturated carbocycles. The highest BCUT2D eigenvalue weighted by Gasteiger charge is 2.30. The lowest BCUT2D eigenvalue weighted by atomic mass is 9.98. The van der Waals surface area contributed by atoms with Crippen LogP contribution in [0.4, 0.5) is 0 Å². The molecule has 0 radical (unpaired) electrons. The summed E-state index contributed by atoms with van der Waals surface area (Å²) in [5, 5.41) is 8.01. The first-order valence-electron chi connectivity index (χ1n) is 6.57. The van der Waals surface area contributed by atoms with Gasteiger partial charge >= 0.3 is 0 Å². The summed E-state index contributed by atoms with van der Waals surface area (Å²) in [6.07, 6.45) is 0. The van der Waals surface area contributed by atoms with Gasteiger partial charge in [-0.15, -0.1) is 0 Å². The van der Waals surface area contributed by atoms with Crippen LogP contribution in [0.5, 0.6) is 5.75 Å². The third-order valence-electron chi connectivity index (χ3n) is 3.68. The zero-order chi connectivity index (χ0) is 14.1. The number of nitrogens with one attached hydrogen (secondary N) is 1. The van der Waals surface area contributed by atoms with Crippen LogP contribution < -0.4 is 10.1 Å². The van der Waals surface area contributed by atoms with Crippen LogP contribution in [-0.4, -0.2) is 30.3 Å². The smallest absolute Gasteiger partial charge is 0.231 e. The maximum absolute atomic E-state index is 5.96. The van der Waals surface area contributed by atoms with Crippen LogP contribution >= 0.6 is 11.6 Å². The quantitative estimate of drug-likeness (QED) is 0.943. The van der Waals surface area contributed by atoms with Crippen molar-refractivity contribution in [3.63, 3.8) is 0 Å². The fourth-order valence-electron chi connectivity index (χ4n) is 2.49. The molecule has 2 aromatic rings. The molecule has 3 rings (SSSR count). The summed E-state index contributed by atoms with van der Waals surface area (Å²) in [4.78, 5) is 4.51. The second-order valence-corrected chi connectivity index (χ2v) is 5.48. The van der Waals surface area contributed by atoms with E-state index in [1.165, 1.54) is 0 Å². The first kappa shape index (κ1) is 13.4. The molecular weight excluding hydrogens is 278 g/mol. The van der Waals surface area contributed by atoms with Crippen molar-refractivity contribution in [2.45, 2.75) is 12.8 Å². The number of methoxy groups -OCH3 is 1. The Balaban J connectivity index is 1.94. The maximum Gasteiger partial charge on any atom is 0.231 e. The zero-order valence-corrected chi connectivity index (χ0v) is 12.1. The van der Waals surface area contributed by atoms with E-state index in [0.29, 0.717) is 28.4 Å². The topological polar surface area (TPSA) is 60.2 Å². The van der Waals surface area contributed by atoms with Crippen LogP contribution in [0.3, 0.4) is 0 Å². The van der Waals surface area contributed by atoms with Gasteiger partial charge in [-0.2, -0.15) is 4.98 Å². The second kappa shape index (κ2) is 5.42. The normalized spacial score (nSPS) is 22.1. The Kier molecular flexibility index (Phi) is 3.63. The van der Waals surface area contributed by atoms with Crippen molar-refractivity contribution in [2.24, 2.45) is 5.92 Å². The molecule has 0 bridgehead atoms. The Morgan fingerprint density at radius 3 is 2.95 bits per heavy atom. The molecule has 0 amide bonds. The fourth-order valence-corrected chi connectivity index (χ4v) is 2.65. The number of benzene rings is 1. The molecule has 6 heteroatoms. The van der Waals surface area contributed by atoms with E-state index in [1.54, 1.807) is 19.2 Å². The van der Waals surface area contributed by atoms with E-state index in [2.05, 4.69) is 22.4 Å². The minimum absolute atomic E-state index is 0.273. The van der Waals surface area contributed by atoms with E-state index >= 15 is 0 Å². The predicted octanol–water partition coefficient (Wildman–Crippen LogP) is 2.72. The van der Waals surface area contributed by atoms with Crippen LogP contribution in [0.2, 0.25) is 5.02 Å². The molecule has 1 saturated heterocycles. The van der Waals surface area contributed by atoms with E-state index in [-0.39, 0.29) is 5.92 Å². The summed E-state index contributed by atoms with van der Waals surface area (Å²) >= 11 is 5.96. The molecule has 1 N–H and O–H groups in total. The number of nitrogens with zero attached hydrogens (tertiary/aromatic N) is 2. The first-order valence-corrected chi connectivity index (χ1v) is 6.95. The van der Waals surface area contributed by atoms with Gasteiger partial charge in [0.05, 0.1) is 18.6 Å². The monoisotopic (exact) mass is 293 g/mol. The predicted molar refractivity (Wildman–Crippen MR) is 76.1 cm³/mol. The van der Waals surface area contributed by atoms with Gasteiger partial charge in [-0.25, -0.2) is 0 Å². The molecule has 2 atom stereocenters. The van der Waals surface area contributed by atoms with E-state index in [4.69, 9.17) is 20.9 Å². The summed E-state index contributed by atoms with van der Waals surface area (Å²) in [6, 6.07) is 5.37. The van der Waals surface area contributed by atoms with Crippen molar-refractivity contribution in [3.8, 4) is 17.1 Å². The number of halogens is 1. The maximum atomic E-state index is 5.96. The molecule has 0 aliphatic carbocycles. The third-order valence-corrected chi connectivity index (χ3v) is 3.92. The van der Waals surface area contributed by atoms with Crippen molar-refractivity contribution in [1.82, 2.24) is 15.5 Å². The summed E-state index contributed by atoms with van der Waals surface area (Å²) in [5.74, 6) is 2.62. The summed E-state index contributed by atoms with van der Waals surface area (Å²) in [5.41, 5.74) is 0.783. The Bertz CT molecular complexity index is 614. The molecule has 106 valence electrons. The molecule has 1 aromatic carbocycles. The number of ether oxygens (including phenoxy) is 1. The van der Waals surface area contributed by atoms with Crippen molar-refractivity contribution in [1.29, 1.82) is 0 Å². The van der Waals surface area contributed by atoms with Crippen LogP contribution in [0.1, 0.15) is 18.7 Å². The average molecular weight is 294 g/mol. The minimum atomic E-state index is 0.273. The largest absolute Gasteiger partial charge is 0.496 e. The lowest BCUT2D eigenvalue weighted by Crippen LogP contribution is -2.08. The van der Waals surface area contributed by atoms with E-state index < -0.39 is 0 Å². The number of aromatic nitrogens is 2. The molecular formula is C14H16ClN3O2. The molecule has 0 spiro atoms. The van der Waals surface area contributed by atoms with Crippen molar-refractivity contribution in [3.05, 3.63) is 29.1 Å². The molecule has 2 unspecified atom stereocenters. The van der Waals surface area contributed by atoms with Crippen molar-refractivity contribution >= 4 is 11.6 Å². The van der Waals surface area contributed by atoms with Crippen LogP contribution in [0.15, 0.2) is 22.7 Å². The zero-order valence-electron chi connectivity index (χ0n) is 11.4. The van der Waals surface area contributed by atoms with E-state index in [9.17, 15) is 0 Å². The van der Waals surface area contributed by atoms with Gasteiger partial charge in [0.1, 0.15) is 5.75 Å². The van der Waals surface area contributed by atoms with Crippen LogP contribution in [0, 0.1) is 5.92 Å². The van der Waals surface area contributed by atoms with Gasteiger partial charge in [0.15, 0.2) is 0 Å². The Hall–Kier alpha value is -1.59. The van der Waals surface area contributed by atoms with Gasteiger partial charge in [-0.1, -0.05) is 23.7 Å². The fraction of sp³-hybridized carbons (Fsp3) is 0.429. The summed E-state index contributed by atoms with van der Waals surface area (Å²) < 4.78 is 10.7. The van der Waals surface area contributed by atoms with Gasteiger partial charge in [0.2, 0.25) is 11.7 Å².